The maximum absolute atomic E-state index is 12.0. The summed E-state index contributed by atoms with van der Waals surface area (Å²) >= 11 is 0. The van der Waals surface area contributed by atoms with Gasteiger partial charge in [-0.2, -0.15) is 0 Å². The molecule has 6 nitrogen and oxygen atoms in total. The first-order valence-electron chi connectivity index (χ1n) is 8.11. The minimum absolute atomic E-state index is 0.0712. The third kappa shape index (κ3) is 3.76. The van der Waals surface area contributed by atoms with Crippen LogP contribution in [0.25, 0.3) is 5.82 Å². The van der Waals surface area contributed by atoms with Gasteiger partial charge in [-0.25, -0.2) is 9.97 Å². The Labute approximate surface area is 136 Å². The van der Waals surface area contributed by atoms with Crippen molar-refractivity contribution in [3.8, 4) is 5.82 Å². The monoisotopic (exact) mass is 313 g/mol. The Balaban J connectivity index is 1.52. The summed E-state index contributed by atoms with van der Waals surface area (Å²) in [6.07, 6.45) is 9.18. The lowest BCUT2D eigenvalue weighted by atomic mass is 10.00. The van der Waals surface area contributed by atoms with Gasteiger partial charge in [-0.3, -0.25) is 9.36 Å². The summed E-state index contributed by atoms with van der Waals surface area (Å²) < 4.78 is 1.92. The predicted molar refractivity (Wildman–Crippen MR) is 87.9 cm³/mol. The van der Waals surface area contributed by atoms with Crippen molar-refractivity contribution in [1.82, 2.24) is 19.9 Å². The average Bonchev–Trinajstić information content (AvgIpc) is 3.15. The second-order valence-corrected chi connectivity index (χ2v) is 6.20. The van der Waals surface area contributed by atoms with Gasteiger partial charge in [0.05, 0.1) is 0 Å². The minimum atomic E-state index is 0.0712. The molecule has 1 amide bonds. The fourth-order valence-electron chi connectivity index (χ4n) is 3.11. The molecule has 2 aromatic rings. The molecule has 0 aliphatic heterocycles. The Morgan fingerprint density at radius 1 is 1.39 bits per heavy atom. The molecule has 2 heterocycles. The average molecular weight is 313 g/mol. The van der Waals surface area contributed by atoms with E-state index in [2.05, 4.69) is 15.3 Å². The topological polar surface area (TPSA) is 85.8 Å². The van der Waals surface area contributed by atoms with E-state index in [9.17, 15) is 4.79 Å². The highest BCUT2D eigenvalue weighted by Crippen LogP contribution is 2.26. The molecule has 0 spiro atoms. The fourth-order valence-corrected chi connectivity index (χ4v) is 3.11. The molecule has 1 aliphatic rings. The van der Waals surface area contributed by atoms with Crippen molar-refractivity contribution in [1.29, 1.82) is 0 Å². The summed E-state index contributed by atoms with van der Waals surface area (Å²) in [7, 11) is 0. The van der Waals surface area contributed by atoms with Crippen LogP contribution >= 0.6 is 0 Å². The Kier molecular flexibility index (Phi) is 4.71. The first-order chi connectivity index (χ1) is 11.1. The summed E-state index contributed by atoms with van der Waals surface area (Å²) in [6, 6.07) is 4.09. The Morgan fingerprint density at radius 2 is 2.26 bits per heavy atom. The molecule has 1 saturated carbocycles. The van der Waals surface area contributed by atoms with Gasteiger partial charge >= 0.3 is 0 Å². The van der Waals surface area contributed by atoms with E-state index in [4.69, 9.17) is 5.73 Å². The van der Waals surface area contributed by atoms with Gasteiger partial charge < -0.3 is 11.1 Å². The van der Waals surface area contributed by atoms with E-state index in [0.717, 1.165) is 36.5 Å². The van der Waals surface area contributed by atoms with E-state index in [0.29, 0.717) is 18.9 Å². The van der Waals surface area contributed by atoms with Crippen LogP contribution < -0.4 is 11.1 Å². The molecule has 0 unspecified atom stereocenters. The second-order valence-electron chi connectivity index (χ2n) is 6.20. The number of carbonyl (C=O) groups excluding carboxylic acids is 1. The number of nitrogens with one attached hydrogen (secondary N) is 1. The number of amides is 1. The van der Waals surface area contributed by atoms with Crippen LogP contribution in [-0.4, -0.2) is 26.5 Å². The SMILES string of the molecule is Cc1nccn1-c1ccc(CNC(=O)C[C@@H]2CCC[C@H]2N)cn1. The molecule has 0 radical (unpaired) electrons. The Morgan fingerprint density at radius 3 is 2.87 bits per heavy atom. The lowest BCUT2D eigenvalue weighted by molar-refractivity contribution is -0.122. The molecule has 0 aromatic carbocycles. The first kappa shape index (κ1) is 15.7. The van der Waals surface area contributed by atoms with Crippen molar-refractivity contribution in [2.75, 3.05) is 0 Å². The summed E-state index contributed by atoms with van der Waals surface area (Å²) in [5, 5.41) is 2.96. The highest BCUT2D eigenvalue weighted by molar-refractivity contribution is 5.76. The number of imidazole rings is 1. The number of aryl methyl sites for hydroxylation is 1. The normalized spacial score (nSPS) is 20.6. The van der Waals surface area contributed by atoms with Crippen molar-refractivity contribution in [2.45, 2.75) is 45.2 Å². The molecule has 2 aromatic heterocycles. The summed E-state index contributed by atoms with van der Waals surface area (Å²) in [4.78, 5) is 20.6. The van der Waals surface area contributed by atoms with Crippen LogP contribution in [0.1, 0.15) is 37.1 Å². The molecular formula is C17H23N5O. The van der Waals surface area contributed by atoms with Crippen molar-refractivity contribution >= 4 is 5.91 Å². The van der Waals surface area contributed by atoms with Crippen LogP contribution in [0.4, 0.5) is 0 Å². The Hall–Kier alpha value is -2.21. The molecule has 3 rings (SSSR count). The fraction of sp³-hybridized carbons (Fsp3) is 0.471. The zero-order valence-electron chi connectivity index (χ0n) is 13.4. The predicted octanol–water partition coefficient (Wildman–Crippen LogP) is 1.71. The maximum Gasteiger partial charge on any atom is 0.220 e. The maximum atomic E-state index is 12.0. The van der Waals surface area contributed by atoms with Gasteiger partial charge in [0, 0.05) is 37.6 Å². The van der Waals surface area contributed by atoms with E-state index < -0.39 is 0 Å². The van der Waals surface area contributed by atoms with Crippen molar-refractivity contribution in [3.63, 3.8) is 0 Å². The summed E-state index contributed by atoms with van der Waals surface area (Å²) in [5.41, 5.74) is 6.99. The first-order valence-corrected chi connectivity index (χ1v) is 8.11. The molecule has 1 aliphatic carbocycles. The van der Waals surface area contributed by atoms with Gasteiger partial charge in [-0.15, -0.1) is 0 Å². The number of aromatic nitrogens is 3. The zero-order valence-corrected chi connectivity index (χ0v) is 13.4. The zero-order chi connectivity index (χ0) is 16.2. The highest BCUT2D eigenvalue weighted by Gasteiger charge is 2.25. The van der Waals surface area contributed by atoms with E-state index in [1.54, 1.807) is 12.4 Å². The number of carbonyl (C=O) groups is 1. The minimum Gasteiger partial charge on any atom is -0.352 e. The van der Waals surface area contributed by atoms with Crippen LogP contribution in [0.15, 0.2) is 30.7 Å². The van der Waals surface area contributed by atoms with E-state index in [-0.39, 0.29) is 11.9 Å². The molecule has 6 heteroatoms. The second kappa shape index (κ2) is 6.91. The standard InChI is InChI=1S/C17H23N5O/c1-12-19-7-8-22(12)16-6-5-13(10-20-16)11-21-17(23)9-14-3-2-4-15(14)18/h5-8,10,14-15H,2-4,9,11,18H2,1H3,(H,21,23)/t14-,15+/m0/s1. The van der Waals surface area contributed by atoms with E-state index in [1.807, 2.05) is 29.8 Å². The molecule has 0 bridgehead atoms. The van der Waals surface area contributed by atoms with Crippen molar-refractivity contribution < 1.29 is 4.79 Å². The van der Waals surface area contributed by atoms with Crippen LogP contribution in [0.5, 0.6) is 0 Å². The van der Waals surface area contributed by atoms with Gasteiger partial charge in [0.2, 0.25) is 5.91 Å². The van der Waals surface area contributed by atoms with Crippen molar-refractivity contribution in [3.05, 3.63) is 42.1 Å². The van der Waals surface area contributed by atoms with Gasteiger partial charge in [-0.1, -0.05) is 12.5 Å². The third-order valence-corrected chi connectivity index (χ3v) is 4.54. The third-order valence-electron chi connectivity index (χ3n) is 4.54. The molecule has 122 valence electrons. The number of pyridine rings is 1. The smallest absolute Gasteiger partial charge is 0.220 e. The van der Waals surface area contributed by atoms with E-state index >= 15 is 0 Å². The molecular weight excluding hydrogens is 290 g/mol. The van der Waals surface area contributed by atoms with Gasteiger partial charge in [0.25, 0.3) is 0 Å². The molecule has 23 heavy (non-hydrogen) atoms. The van der Waals surface area contributed by atoms with Gasteiger partial charge in [0.1, 0.15) is 11.6 Å². The van der Waals surface area contributed by atoms with Crippen molar-refractivity contribution in [2.24, 2.45) is 11.7 Å². The van der Waals surface area contributed by atoms with Crippen LogP contribution in [0, 0.1) is 12.8 Å². The number of nitrogens with two attached hydrogens (primary N) is 1. The molecule has 0 saturated heterocycles. The van der Waals surface area contributed by atoms with Crippen LogP contribution in [0.2, 0.25) is 0 Å². The molecule has 1 fully saturated rings. The number of hydrogen-bond donors (Lipinski definition) is 2. The lowest BCUT2D eigenvalue weighted by Gasteiger charge is -2.14. The van der Waals surface area contributed by atoms with Crippen LogP contribution in [0.3, 0.4) is 0 Å². The summed E-state index contributed by atoms with van der Waals surface area (Å²) in [5.74, 6) is 2.13. The number of rotatable bonds is 5. The van der Waals surface area contributed by atoms with Gasteiger partial charge in [-0.05, 0) is 37.3 Å². The number of nitrogens with zero attached hydrogens (tertiary/aromatic N) is 3. The largest absolute Gasteiger partial charge is 0.352 e. The van der Waals surface area contributed by atoms with Gasteiger partial charge in [0.15, 0.2) is 0 Å². The Bertz CT molecular complexity index is 664. The number of hydrogen-bond acceptors (Lipinski definition) is 4. The lowest BCUT2D eigenvalue weighted by Crippen LogP contribution is -2.31. The van der Waals surface area contributed by atoms with Crippen LogP contribution in [-0.2, 0) is 11.3 Å². The quantitative estimate of drug-likeness (QED) is 0.880. The summed E-state index contributed by atoms with van der Waals surface area (Å²) in [6.45, 7) is 2.43. The molecule has 3 N–H and O–H groups in total. The highest BCUT2D eigenvalue weighted by atomic mass is 16.1. The van der Waals surface area contributed by atoms with E-state index in [1.165, 1.54) is 0 Å². The molecule has 2 atom stereocenters.